The Kier molecular flexibility index (Phi) is 3.50. The van der Waals surface area contributed by atoms with E-state index < -0.39 is 0 Å². The summed E-state index contributed by atoms with van der Waals surface area (Å²) >= 11 is 6.11. The number of para-hydroxylation sites is 2. The van der Waals surface area contributed by atoms with Crippen LogP contribution in [-0.2, 0) is 13.0 Å². The third-order valence-corrected chi connectivity index (χ3v) is 4.96. The molecule has 5 rings (SSSR count). The van der Waals surface area contributed by atoms with Crippen molar-refractivity contribution in [2.45, 2.75) is 19.4 Å². The normalized spacial score (nSPS) is 13.3. The van der Waals surface area contributed by atoms with Gasteiger partial charge in [-0.2, -0.15) is 5.10 Å². The molecule has 4 aromatic rings. The molecule has 4 nitrogen and oxygen atoms in total. The third-order valence-electron chi connectivity index (χ3n) is 4.73. The van der Waals surface area contributed by atoms with Crippen LogP contribution in [0.1, 0.15) is 12.1 Å². The minimum atomic E-state index is -0.346. The third kappa shape index (κ3) is 2.39. The maximum absolute atomic E-state index is 14.5. The lowest BCUT2D eigenvalue weighted by atomic mass is 10.0. The van der Waals surface area contributed by atoms with Gasteiger partial charge in [0.15, 0.2) is 0 Å². The highest BCUT2D eigenvalue weighted by Crippen LogP contribution is 2.38. The molecule has 2 aromatic heterocycles. The summed E-state index contributed by atoms with van der Waals surface area (Å²) in [4.78, 5) is 9.28. The zero-order chi connectivity index (χ0) is 17.7. The maximum atomic E-state index is 14.5. The molecule has 3 heterocycles. The van der Waals surface area contributed by atoms with Gasteiger partial charge in [-0.1, -0.05) is 23.7 Å². The van der Waals surface area contributed by atoms with Crippen molar-refractivity contribution in [1.29, 1.82) is 0 Å². The van der Waals surface area contributed by atoms with Crippen molar-refractivity contribution < 1.29 is 4.39 Å². The minimum Gasteiger partial charge on any atom is -0.268 e. The van der Waals surface area contributed by atoms with Crippen LogP contribution in [0.2, 0.25) is 5.02 Å². The fourth-order valence-corrected chi connectivity index (χ4v) is 3.72. The summed E-state index contributed by atoms with van der Waals surface area (Å²) in [6.45, 7) is 0.825. The quantitative estimate of drug-likeness (QED) is 0.508. The van der Waals surface area contributed by atoms with Gasteiger partial charge >= 0.3 is 0 Å². The van der Waals surface area contributed by atoms with Crippen LogP contribution in [0.5, 0.6) is 0 Å². The average molecular weight is 365 g/mol. The van der Waals surface area contributed by atoms with Crippen LogP contribution in [0.25, 0.3) is 33.5 Å². The molecule has 2 aromatic carbocycles. The van der Waals surface area contributed by atoms with Crippen molar-refractivity contribution in [2.24, 2.45) is 0 Å². The Hall–Kier alpha value is -2.79. The number of hydrogen-bond acceptors (Lipinski definition) is 3. The monoisotopic (exact) mass is 364 g/mol. The summed E-state index contributed by atoms with van der Waals surface area (Å²) in [5.74, 6) is -0.346. The number of aromatic nitrogens is 4. The molecule has 0 saturated carbocycles. The predicted molar refractivity (Wildman–Crippen MR) is 99.5 cm³/mol. The van der Waals surface area contributed by atoms with Crippen LogP contribution in [0.4, 0.5) is 4.39 Å². The molecular formula is C20H14ClFN4. The highest BCUT2D eigenvalue weighted by Gasteiger charge is 2.26. The van der Waals surface area contributed by atoms with Gasteiger partial charge in [-0.15, -0.1) is 0 Å². The lowest BCUT2D eigenvalue weighted by Gasteiger charge is -2.07. The van der Waals surface area contributed by atoms with Gasteiger partial charge in [0.2, 0.25) is 0 Å². The van der Waals surface area contributed by atoms with Crippen LogP contribution in [0.3, 0.4) is 0 Å². The molecule has 0 amide bonds. The lowest BCUT2D eigenvalue weighted by molar-refractivity contribution is 0.627. The van der Waals surface area contributed by atoms with E-state index in [1.165, 1.54) is 6.07 Å². The summed E-state index contributed by atoms with van der Waals surface area (Å²) in [6.07, 6.45) is 3.65. The van der Waals surface area contributed by atoms with Crippen molar-refractivity contribution in [3.8, 4) is 22.5 Å². The van der Waals surface area contributed by atoms with E-state index in [9.17, 15) is 4.39 Å². The summed E-state index contributed by atoms with van der Waals surface area (Å²) in [5, 5.41) is 5.15. The van der Waals surface area contributed by atoms with Crippen LogP contribution < -0.4 is 0 Å². The van der Waals surface area contributed by atoms with E-state index in [0.29, 0.717) is 22.0 Å². The molecule has 6 heteroatoms. The summed E-state index contributed by atoms with van der Waals surface area (Å²) in [7, 11) is 0. The summed E-state index contributed by atoms with van der Waals surface area (Å²) in [5.41, 5.74) is 5.23. The second-order valence-electron chi connectivity index (χ2n) is 6.37. The summed E-state index contributed by atoms with van der Waals surface area (Å²) in [6, 6.07) is 12.2. The van der Waals surface area contributed by atoms with Gasteiger partial charge in [0, 0.05) is 22.8 Å². The van der Waals surface area contributed by atoms with Crippen molar-refractivity contribution in [3.63, 3.8) is 0 Å². The SMILES string of the molecule is Fc1ccc(Cl)cc1-c1nn2c(c1-c1cnc3ccccc3n1)CCC2. The minimum absolute atomic E-state index is 0.346. The Bertz CT molecular complexity index is 1150. The second kappa shape index (κ2) is 5.88. The number of fused-ring (bicyclic) bond motifs is 2. The topological polar surface area (TPSA) is 43.6 Å². The van der Waals surface area contributed by atoms with Gasteiger partial charge in [0.25, 0.3) is 0 Å². The molecule has 0 unspecified atom stereocenters. The van der Waals surface area contributed by atoms with Crippen LogP contribution in [-0.4, -0.2) is 19.7 Å². The van der Waals surface area contributed by atoms with Gasteiger partial charge in [-0.25, -0.2) is 9.37 Å². The van der Waals surface area contributed by atoms with E-state index in [0.717, 1.165) is 41.7 Å². The van der Waals surface area contributed by atoms with Crippen molar-refractivity contribution >= 4 is 22.6 Å². The number of nitrogens with zero attached hydrogens (tertiary/aromatic N) is 4. The first-order chi connectivity index (χ1) is 12.7. The standard InChI is InChI=1S/C20H14ClFN4/c21-12-7-8-14(22)13(10-12)20-19(18-6-3-9-26(18)25-20)17-11-23-15-4-1-2-5-16(15)24-17/h1-2,4-5,7-8,10-11H,3,6,9H2. The van der Waals surface area contributed by atoms with Gasteiger partial charge < -0.3 is 0 Å². The molecule has 128 valence electrons. The number of benzene rings is 2. The van der Waals surface area contributed by atoms with Crippen molar-refractivity contribution in [2.75, 3.05) is 0 Å². The van der Waals surface area contributed by atoms with Crippen molar-refractivity contribution in [1.82, 2.24) is 19.7 Å². The fraction of sp³-hybridized carbons (Fsp3) is 0.150. The Morgan fingerprint density at radius 3 is 2.81 bits per heavy atom. The number of halogens is 2. The number of aryl methyl sites for hydroxylation is 1. The molecule has 1 aliphatic rings. The Morgan fingerprint density at radius 2 is 1.92 bits per heavy atom. The zero-order valence-corrected chi connectivity index (χ0v) is 14.5. The second-order valence-corrected chi connectivity index (χ2v) is 6.80. The smallest absolute Gasteiger partial charge is 0.132 e. The molecule has 0 fully saturated rings. The Morgan fingerprint density at radius 1 is 1.08 bits per heavy atom. The van der Waals surface area contributed by atoms with Crippen LogP contribution >= 0.6 is 11.6 Å². The molecule has 26 heavy (non-hydrogen) atoms. The highest BCUT2D eigenvalue weighted by atomic mass is 35.5. The fourth-order valence-electron chi connectivity index (χ4n) is 3.55. The molecule has 0 spiro atoms. The van der Waals surface area contributed by atoms with E-state index in [1.54, 1.807) is 18.3 Å². The molecule has 0 N–H and O–H groups in total. The maximum Gasteiger partial charge on any atom is 0.132 e. The highest BCUT2D eigenvalue weighted by molar-refractivity contribution is 6.30. The van der Waals surface area contributed by atoms with Gasteiger partial charge in [-0.3, -0.25) is 9.67 Å². The van der Waals surface area contributed by atoms with Gasteiger partial charge in [-0.05, 0) is 43.2 Å². The Labute approximate surface area is 154 Å². The molecular weight excluding hydrogens is 351 g/mol. The Balaban J connectivity index is 1.78. The molecule has 0 radical (unpaired) electrons. The first kappa shape index (κ1) is 15.5. The molecule has 0 aliphatic carbocycles. The average Bonchev–Trinajstić information content (AvgIpc) is 3.24. The van der Waals surface area contributed by atoms with Crippen molar-refractivity contribution in [3.05, 3.63) is 65.2 Å². The lowest BCUT2D eigenvalue weighted by Crippen LogP contribution is -1.94. The van der Waals surface area contributed by atoms with Crippen LogP contribution in [0.15, 0.2) is 48.7 Å². The van der Waals surface area contributed by atoms with E-state index in [-0.39, 0.29) is 5.82 Å². The molecule has 1 aliphatic heterocycles. The predicted octanol–water partition coefficient (Wildman–Crippen LogP) is 4.90. The molecule has 0 saturated heterocycles. The molecule has 0 atom stereocenters. The molecule has 0 bridgehead atoms. The van der Waals surface area contributed by atoms with E-state index >= 15 is 0 Å². The number of rotatable bonds is 2. The van der Waals surface area contributed by atoms with Gasteiger partial charge in [0.1, 0.15) is 11.5 Å². The first-order valence-electron chi connectivity index (χ1n) is 8.48. The van der Waals surface area contributed by atoms with E-state index in [1.807, 2.05) is 28.9 Å². The van der Waals surface area contributed by atoms with E-state index in [2.05, 4.69) is 10.1 Å². The van der Waals surface area contributed by atoms with Gasteiger partial charge in [0.05, 0.1) is 28.5 Å². The summed E-state index contributed by atoms with van der Waals surface area (Å²) < 4.78 is 16.5. The number of hydrogen-bond donors (Lipinski definition) is 0. The zero-order valence-electron chi connectivity index (χ0n) is 13.8. The largest absolute Gasteiger partial charge is 0.268 e. The first-order valence-corrected chi connectivity index (χ1v) is 8.86. The van der Waals surface area contributed by atoms with Crippen LogP contribution in [0, 0.1) is 5.82 Å². The van der Waals surface area contributed by atoms with E-state index in [4.69, 9.17) is 16.6 Å².